The molecule has 0 aromatic carbocycles. The van der Waals surface area contributed by atoms with Gasteiger partial charge < -0.3 is 20.3 Å². The SMILES string of the molecule is COc1c(CNC(=O)NC2CCN(CC3CCCC3)C2)c(C)nn1C. The van der Waals surface area contributed by atoms with Gasteiger partial charge in [0.15, 0.2) is 0 Å². The van der Waals surface area contributed by atoms with Crippen molar-refractivity contribution in [3.05, 3.63) is 11.3 Å². The number of likely N-dealkylation sites (tertiary alicyclic amines) is 1. The Morgan fingerprint density at radius 3 is 2.80 bits per heavy atom. The Morgan fingerprint density at radius 1 is 1.32 bits per heavy atom. The second kappa shape index (κ2) is 8.08. The van der Waals surface area contributed by atoms with Gasteiger partial charge in [-0.05, 0) is 32.1 Å². The van der Waals surface area contributed by atoms with E-state index in [2.05, 4.69) is 20.6 Å². The third-order valence-electron chi connectivity index (χ3n) is 5.51. The zero-order valence-electron chi connectivity index (χ0n) is 15.7. The third-order valence-corrected chi connectivity index (χ3v) is 5.51. The van der Waals surface area contributed by atoms with E-state index in [1.165, 1.54) is 32.2 Å². The van der Waals surface area contributed by atoms with Gasteiger partial charge in [-0.3, -0.25) is 0 Å². The summed E-state index contributed by atoms with van der Waals surface area (Å²) in [4.78, 5) is 14.7. The quantitative estimate of drug-likeness (QED) is 0.821. The highest BCUT2D eigenvalue weighted by molar-refractivity contribution is 5.74. The molecule has 1 aromatic heterocycles. The van der Waals surface area contributed by atoms with Crippen molar-refractivity contribution in [2.75, 3.05) is 26.7 Å². The summed E-state index contributed by atoms with van der Waals surface area (Å²) in [6.07, 6.45) is 6.57. The van der Waals surface area contributed by atoms with Gasteiger partial charge in [0.05, 0.1) is 24.9 Å². The number of urea groups is 1. The van der Waals surface area contributed by atoms with Crippen molar-refractivity contribution in [3.63, 3.8) is 0 Å². The highest BCUT2D eigenvalue weighted by atomic mass is 16.5. The van der Waals surface area contributed by atoms with Crippen LogP contribution in [0.5, 0.6) is 5.88 Å². The number of carbonyl (C=O) groups excluding carboxylic acids is 1. The Balaban J connectivity index is 1.42. The predicted molar refractivity (Wildman–Crippen MR) is 96.7 cm³/mol. The number of carbonyl (C=O) groups is 1. The number of amides is 2. The number of ether oxygens (including phenoxy) is 1. The molecule has 1 aliphatic heterocycles. The van der Waals surface area contributed by atoms with E-state index in [9.17, 15) is 4.79 Å². The Kier molecular flexibility index (Phi) is 5.83. The molecule has 1 saturated heterocycles. The molecule has 7 heteroatoms. The molecule has 7 nitrogen and oxygen atoms in total. The second-order valence-corrected chi connectivity index (χ2v) is 7.42. The van der Waals surface area contributed by atoms with E-state index in [0.29, 0.717) is 12.4 Å². The molecule has 1 saturated carbocycles. The van der Waals surface area contributed by atoms with E-state index in [0.717, 1.165) is 36.7 Å². The first-order chi connectivity index (χ1) is 12.1. The standard InChI is InChI=1S/C18H31N5O2/c1-13-16(17(25-3)22(2)21-13)10-19-18(24)20-15-8-9-23(12-15)11-14-6-4-5-7-14/h14-15H,4-12H2,1-3H3,(H2,19,20,24). The molecule has 0 bridgehead atoms. The lowest BCUT2D eigenvalue weighted by molar-refractivity contribution is 0.234. The summed E-state index contributed by atoms with van der Waals surface area (Å²) in [5.74, 6) is 1.56. The molecule has 25 heavy (non-hydrogen) atoms. The first kappa shape index (κ1) is 18.0. The van der Waals surface area contributed by atoms with Gasteiger partial charge in [0.2, 0.25) is 5.88 Å². The minimum absolute atomic E-state index is 0.113. The lowest BCUT2D eigenvalue weighted by Crippen LogP contribution is -2.43. The van der Waals surface area contributed by atoms with Crippen LogP contribution in [0.15, 0.2) is 0 Å². The minimum atomic E-state index is -0.113. The van der Waals surface area contributed by atoms with Gasteiger partial charge in [-0.25, -0.2) is 9.48 Å². The molecule has 2 amide bonds. The van der Waals surface area contributed by atoms with E-state index in [-0.39, 0.29) is 12.1 Å². The molecule has 2 heterocycles. The normalized spacial score (nSPS) is 21.6. The first-order valence-corrected chi connectivity index (χ1v) is 9.40. The van der Waals surface area contributed by atoms with Gasteiger partial charge in [0.1, 0.15) is 0 Å². The monoisotopic (exact) mass is 349 g/mol. The maximum Gasteiger partial charge on any atom is 0.315 e. The zero-order valence-corrected chi connectivity index (χ0v) is 15.7. The van der Waals surface area contributed by atoms with Crippen LogP contribution in [0.25, 0.3) is 0 Å². The van der Waals surface area contributed by atoms with Gasteiger partial charge in [-0.1, -0.05) is 12.8 Å². The fourth-order valence-corrected chi connectivity index (χ4v) is 4.22. The number of rotatable bonds is 6. The van der Waals surface area contributed by atoms with Crippen LogP contribution in [-0.4, -0.2) is 53.5 Å². The molecule has 2 N–H and O–H groups in total. The highest BCUT2D eigenvalue weighted by Crippen LogP contribution is 2.26. The summed E-state index contributed by atoms with van der Waals surface area (Å²) < 4.78 is 7.06. The van der Waals surface area contributed by atoms with E-state index in [1.807, 2.05) is 14.0 Å². The van der Waals surface area contributed by atoms with Crippen molar-refractivity contribution < 1.29 is 9.53 Å². The van der Waals surface area contributed by atoms with Crippen molar-refractivity contribution >= 4 is 6.03 Å². The molecule has 1 aliphatic carbocycles. The van der Waals surface area contributed by atoms with Crippen LogP contribution in [0.1, 0.15) is 43.4 Å². The summed E-state index contributed by atoms with van der Waals surface area (Å²) in [5, 5.41) is 10.4. The summed E-state index contributed by atoms with van der Waals surface area (Å²) in [7, 11) is 3.46. The summed E-state index contributed by atoms with van der Waals surface area (Å²) in [6.45, 7) is 5.62. The fourth-order valence-electron chi connectivity index (χ4n) is 4.22. The summed E-state index contributed by atoms with van der Waals surface area (Å²) in [6, 6.07) is 0.135. The summed E-state index contributed by atoms with van der Waals surface area (Å²) in [5.41, 5.74) is 1.80. The van der Waals surface area contributed by atoms with Crippen LogP contribution < -0.4 is 15.4 Å². The lowest BCUT2D eigenvalue weighted by atomic mass is 10.1. The van der Waals surface area contributed by atoms with Crippen LogP contribution in [0.2, 0.25) is 0 Å². The number of aromatic nitrogens is 2. The molecule has 1 unspecified atom stereocenters. The molecule has 1 atom stereocenters. The average Bonchev–Trinajstić information content (AvgIpc) is 3.28. The van der Waals surface area contributed by atoms with E-state index in [1.54, 1.807) is 11.8 Å². The van der Waals surface area contributed by atoms with Crippen LogP contribution >= 0.6 is 0 Å². The third kappa shape index (κ3) is 4.45. The first-order valence-electron chi connectivity index (χ1n) is 9.40. The molecule has 2 fully saturated rings. The maximum absolute atomic E-state index is 12.2. The number of hydrogen-bond donors (Lipinski definition) is 2. The predicted octanol–water partition coefficient (Wildman–Crippen LogP) is 1.80. The number of methoxy groups -OCH3 is 1. The van der Waals surface area contributed by atoms with Crippen LogP contribution in [-0.2, 0) is 13.6 Å². The Bertz CT molecular complexity index is 595. The van der Waals surface area contributed by atoms with Gasteiger partial charge >= 0.3 is 6.03 Å². The Hall–Kier alpha value is -1.76. The summed E-state index contributed by atoms with van der Waals surface area (Å²) >= 11 is 0. The van der Waals surface area contributed by atoms with E-state index >= 15 is 0 Å². The second-order valence-electron chi connectivity index (χ2n) is 7.42. The molecule has 3 rings (SSSR count). The minimum Gasteiger partial charge on any atom is -0.481 e. The smallest absolute Gasteiger partial charge is 0.315 e. The molecule has 2 aliphatic rings. The van der Waals surface area contributed by atoms with Crippen molar-refractivity contribution in [1.82, 2.24) is 25.3 Å². The number of aryl methyl sites for hydroxylation is 2. The zero-order chi connectivity index (χ0) is 17.8. The van der Waals surface area contributed by atoms with Gasteiger partial charge in [-0.15, -0.1) is 0 Å². The van der Waals surface area contributed by atoms with Crippen molar-refractivity contribution in [2.45, 2.75) is 51.6 Å². The van der Waals surface area contributed by atoms with Crippen molar-refractivity contribution in [3.8, 4) is 5.88 Å². The topological polar surface area (TPSA) is 71.4 Å². The number of hydrogen-bond acceptors (Lipinski definition) is 4. The molecule has 0 radical (unpaired) electrons. The average molecular weight is 349 g/mol. The van der Waals surface area contributed by atoms with Crippen molar-refractivity contribution in [2.24, 2.45) is 13.0 Å². The molecular formula is C18H31N5O2. The largest absolute Gasteiger partial charge is 0.481 e. The van der Waals surface area contributed by atoms with Gasteiger partial charge in [0.25, 0.3) is 0 Å². The van der Waals surface area contributed by atoms with Gasteiger partial charge in [-0.2, -0.15) is 5.10 Å². The number of nitrogens with one attached hydrogen (secondary N) is 2. The van der Waals surface area contributed by atoms with Crippen molar-refractivity contribution in [1.29, 1.82) is 0 Å². The molecular weight excluding hydrogens is 318 g/mol. The highest BCUT2D eigenvalue weighted by Gasteiger charge is 2.27. The van der Waals surface area contributed by atoms with Crippen LogP contribution in [0, 0.1) is 12.8 Å². The van der Waals surface area contributed by atoms with Crippen LogP contribution in [0.4, 0.5) is 4.79 Å². The van der Waals surface area contributed by atoms with Gasteiger partial charge in [0, 0.05) is 32.7 Å². The molecule has 1 aromatic rings. The Morgan fingerprint density at radius 2 is 2.08 bits per heavy atom. The fraction of sp³-hybridized carbons (Fsp3) is 0.778. The number of nitrogens with zero attached hydrogens (tertiary/aromatic N) is 3. The Labute approximate surface area is 150 Å². The molecule has 0 spiro atoms. The van der Waals surface area contributed by atoms with E-state index in [4.69, 9.17) is 4.74 Å². The van der Waals surface area contributed by atoms with E-state index < -0.39 is 0 Å². The lowest BCUT2D eigenvalue weighted by Gasteiger charge is -2.20. The van der Waals surface area contributed by atoms with Crippen LogP contribution in [0.3, 0.4) is 0 Å². The molecule has 140 valence electrons. The maximum atomic E-state index is 12.2.